The number of fused-ring (bicyclic) bond motifs is 8. The summed E-state index contributed by atoms with van der Waals surface area (Å²) in [5.74, 6) is 1.20. The summed E-state index contributed by atoms with van der Waals surface area (Å²) in [6.45, 7) is 3.75. The van der Waals surface area contributed by atoms with E-state index in [1.165, 1.54) is 12.8 Å². The summed E-state index contributed by atoms with van der Waals surface area (Å²) in [5, 5.41) is 6.62. The summed E-state index contributed by atoms with van der Waals surface area (Å²) in [4.78, 5) is 26.8. The Morgan fingerprint density at radius 2 is 1.14 bits per heavy atom. The van der Waals surface area contributed by atoms with Gasteiger partial charge in [-0.15, -0.1) is 0 Å². The van der Waals surface area contributed by atoms with E-state index < -0.39 is 0 Å². The van der Waals surface area contributed by atoms with Gasteiger partial charge in [0.25, 0.3) is 0 Å². The standard InChI is InChI=1S/2C8H14N2O/c2*1-10-7-3-2-6(8(10)11)4-9-5-7/h2*6-7,9H,2-5H2,1H3/t2*6-,7+/m10/s1. The molecule has 6 aliphatic rings. The highest BCUT2D eigenvalue weighted by atomic mass is 16.2. The maximum atomic E-state index is 11.5. The van der Waals surface area contributed by atoms with Gasteiger partial charge in [0.1, 0.15) is 0 Å². The summed E-state index contributed by atoms with van der Waals surface area (Å²) in [6, 6.07) is 0.919. The summed E-state index contributed by atoms with van der Waals surface area (Å²) >= 11 is 0. The molecule has 4 bridgehead atoms. The number of amides is 2. The van der Waals surface area contributed by atoms with Crippen molar-refractivity contribution in [2.24, 2.45) is 11.8 Å². The van der Waals surface area contributed by atoms with Crippen molar-refractivity contribution in [1.29, 1.82) is 0 Å². The lowest BCUT2D eigenvalue weighted by Gasteiger charge is -2.32. The molecule has 6 nitrogen and oxygen atoms in total. The number of hydrogen-bond acceptors (Lipinski definition) is 4. The monoisotopic (exact) mass is 308 g/mol. The van der Waals surface area contributed by atoms with E-state index in [-0.39, 0.29) is 11.8 Å². The van der Waals surface area contributed by atoms with Gasteiger partial charge in [0, 0.05) is 52.4 Å². The molecule has 0 spiro atoms. The van der Waals surface area contributed by atoms with Crippen LogP contribution in [-0.4, -0.2) is 74.0 Å². The molecular weight excluding hydrogens is 280 g/mol. The van der Waals surface area contributed by atoms with E-state index in [9.17, 15) is 9.59 Å². The molecule has 6 heteroatoms. The SMILES string of the molecule is CN1C(=O)[C@@H]2CC[C@H]1CNC2.CN1C(=O)[C@H]2CC[C@@H]1CNC2. The van der Waals surface area contributed by atoms with E-state index in [0.29, 0.717) is 23.9 Å². The molecule has 2 N–H and O–H groups in total. The number of nitrogens with zero attached hydrogens (tertiary/aromatic N) is 2. The summed E-state index contributed by atoms with van der Waals surface area (Å²) in [5.41, 5.74) is 0. The first-order valence-corrected chi connectivity index (χ1v) is 8.52. The van der Waals surface area contributed by atoms with Crippen molar-refractivity contribution in [3.05, 3.63) is 0 Å². The van der Waals surface area contributed by atoms with Crippen molar-refractivity contribution >= 4 is 11.8 Å². The van der Waals surface area contributed by atoms with Gasteiger partial charge in [-0.05, 0) is 25.7 Å². The highest BCUT2D eigenvalue weighted by molar-refractivity contribution is 5.80. The van der Waals surface area contributed by atoms with Crippen molar-refractivity contribution in [3.63, 3.8) is 0 Å². The van der Waals surface area contributed by atoms with Crippen LogP contribution in [0.1, 0.15) is 25.7 Å². The zero-order valence-electron chi connectivity index (χ0n) is 13.7. The zero-order valence-corrected chi connectivity index (χ0v) is 13.7. The van der Waals surface area contributed by atoms with Gasteiger partial charge in [-0.2, -0.15) is 0 Å². The molecule has 0 aromatic heterocycles. The second kappa shape index (κ2) is 6.54. The Hall–Kier alpha value is -1.14. The maximum absolute atomic E-state index is 11.5. The van der Waals surface area contributed by atoms with Crippen molar-refractivity contribution in [1.82, 2.24) is 20.4 Å². The molecule has 2 amide bonds. The van der Waals surface area contributed by atoms with Gasteiger partial charge in [-0.3, -0.25) is 9.59 Å². The number of nitrogens with one attached hydrogen (secondary N) is 2. The maximum Gasteiger partial charge on any atom is 0.227 e. The smallest absolute Gasteiger partial charge is 0.227 e. The number of likely N-dealkylation sites (N-methyl/N-ethyl adjacent to an activating group) is 2. The van der Waals surface area contributed by atoms with E-state index in [0.717, 1.165) is 39.0 Å². The summed E-state index contributed by atoms with van der Waals surface area (Å²) in [6.07, 6.45) is 4.53. The molecule has 124 valence electrons. The summed E-state index contributed by atoms with van der Waals surface area (Å²) in [7, 11) is 3.85. The Balaban J connectivity index is 0.000000131. The van der Waals surface area contributed by atoms with Crippen LogP contribution >= 0.6 is 0 Å². The molecule has 6 fully saturated rings. The van der Waals surface area contributed by atoms with Crippen molar-refractivity contribution in [3.8, 4) is 0 Å². The predicted molar refractivity (Wildman–Crippen MR) is 84.3 cm³/mol. The molecule has 6 saturated heterocycles. The van der Waals surface area contributed by atoms with E-state index in [1.54, 1.807) is 0 Å². The first-order valence-electron chi connectivity index (χ1n) is 8.52. The predicted octanol–water partition coefficient (Wildman–Crippen LogP) is -0.347. The van der Waals surface area contributed by atoms with Crippen LogP contribution in [0.25, 0.3) is 0 Å². The van der Waals surface area contributed by atoms with Gasteiger partial charge in [-0.1, -0.05) is 0 Å². The number of carbonyl (C=O) groups is 2. The molecule has 6 aliphatic heterocycles. The Bertz CT molecular complexity index is 386. The van der Waals surface area contributed by atoms with E-state index in [1.807, 2.05) is 23.9 Å². The third kappa shape index (κ3) is 2.99. The number of rotatable bonds is 0. The van der Waals surface area contributed by atoms with Crippen LogP contribution in [0.3, 0.4) is 0 Å². The molecule has 0 unspecified atom stereocenters. The zero-order chi connectivity index (χ0) is 15.7. The minimum absolute atomic E-state index is 0.263. The second-order valence-electron chi connectivity index (χ2n) is 7.07. The fourth-order valence-corrected chi connectivity index (χ4v) is 4.06. The van der Waals surface area contributed by atoms with Crippen LogP contribution in [-0.2, 0) is 9.59 Å². The van der Waals surface area contributed by atoms with Gasteiger partial charge in [0.05, 0.1) is 11.8 Å². The van der Waals surface area contributed by atoms with E-state index in [4.69, 9.17) is 0 Å². The van der Waals surface area contributed by atoms with Gasteiger partial charge < -0.3 is 20.4 Å². The van der Waals surface area contributed by atoms with Gasteiger partial charge >= 0.3 is 0 Å². The first kappa shape index (κ1) is 15.7. The molecular formula is C16H28N4O2. The Labute approximate surface area is 132 Å². The fourth-order valence-electron chi connectivity index (χ4n) is 4.06. The quantitative estimate of drug-likeness (QED) is 0.642. The Morgan fingerprint density at radius 3 is 1.55 bits per heavy atom. The second-order valence-corrected chi connectivity index (χ2v) is 7.07. The number of hydrogen-bond donors (Lipinski definition) is 2. The summed E-state index contributed by atoms with van der Waals surface area (Å²) < 4.78 is 0. The lowest BCUT2D eigenvalue weighted by atomic mass is 9.95. The molecule has 22 heavy (non-hydrogen) atoms. The van der Waals surface area contributed by atoms with Crippen LogP contribution in [0.4, 0.5) is 0 Å². The normalized spacial score (nSPS) is 37.5. The van der Waals surface area contributed by atoms with Crippen LogP contribution in [0.5, 0.6) is 0 Å². The Morgan fingerprint density at radius 1 is 0.727 bits per heavy atom. The van der Waals surface area contributed by atoms with Crippen LogP contribution in [0, 0.1) is 11.8 Å². The van der Waals surface area contributed by atoms with Crippen LogP contribution < -0.4 is 10.6 Å². The minimum atomic E-state index is 0.263. The number of carbonyl (C=O) groups excluding carboxylic acids is 2. The van der Waals surface area contributed by atoms with Crippen molar-refractivity contribution in [2.45, 2.75) is 37.8 Å². The Kier molecular flexibility index (Phi) is 4.68. The molecule has 6 heterocycles. The van der Waals surface area contributed by atoms with Gasteiger partial charge in [0.15, 0.2) is 0 Å². The molecule has 0 aromatic carbocycles. The lowest BCUT2D eigenvalue weighted by Crippen LogP contribution is -2.44. The third-order valence-electron chi connectivity index (χ3n) is 5.73. The van der Waals surface area contributed by atoms with Crippen LogP contribution in [0.2, 0.25) is 0 Å². The lowest BCUT2D eigenvalue weighted by molar-refractivity contribution is -0.138. The minimum Gasteiger partial charge on any atom is -0.341 e. The highest BCUT2D eigenvalue weighted by Crippen LogP contribution is 2.24. The van der Waals surface area contributed by atoms with Crippen molar-refractivity contribution in [2.75, 3.05) is 40.3 Å². The van der Waals surface area contributed by atoms with Gasteiger partial charge in [-0.25, -0.2) is 0 Å². The average molecular weight is 308 g/mol. The van der Waals surface area contributed by atoms with Crippen molar-refractivity contribution < 1.29 is 9.59 Å². The van der Waals surface area contributed by atoms with Gasteiger partial charge in [0.2, 0.25) is 11.8 Å². The third-order valence-corrected chi connectivity index (χ3v) is 5.73. The molecule has 6 rings (SSSR count). The molecule has 0 radical (unpaired) electrons. The molecule has 0 saturated carbocycles. The van der Waals surface area contributed by atoms with E-state index >= 15 is 0 Å². The topological polar surface area (TPSA) is 64.7 Å². The van der Waals surface area contributed by atoms with E-state index in [2.05, 4.69) is 10.6 Å². The average Bonchev–Trinajstić information content (AvgIpc) is 2.99. The molecule has 0 aromatic rings. The largest absolute Gasteiger partial charge is 0.341 e. The highest BCUT2D eigenvalue weighted by Gasteiger charge is 2.36. The first-order chi connectivity index (χ1) is 10.6. The molecule has 0 aliphatic carbocycles. The van der Waals surface area contributed by atoms with Crippen LogP contribution in [0.15, 0.2) is 0 Å². The fraction of sp³-hybridized carbons (Fsp3) is 0.875. The number of piperidine rings is 2. The molecule has 4 atom stereocenters.